The van der Waals surface area contributed by atoms with Crippen molar-refractivity contribution in [3.8, 4) is 28.7 Å². The fourth-order valence-electron chi connectivity index (χ4n) is 3.47. The summed E-state index contributed by atoms with van der Waals surface area (Å²) in [6.45, 7) is 2.78. The Hall–Kier alpha value is -3.41. The van der Waals surface area contributed by atoms with Gasteiger partial charge in [-0.25, -0.2) is 14.4 Å². The Morgan fingerprint density at radius 1 is 1.21 bits per heavy atom. The molecule has 180 valence electrons. The Labute approximate surface area is 195 Å². The molecule has 11 heteroatoms. The highest BCUT2D eigenvalue weighted by Gasteiger charge is 2.40. The fourth-order valence-corrected chi connectivity index (χ4v) is 3.47. The summed E-state index contributed by atoms with van der Waals surface area (Å²) in [5, 5.41) is 2.63. The highest BCUT2D eigenvalue weighted by molar-refractivity contribution is 5.82. The molecule has 0 bridgehead atoms. The van der Waals surface area contributed by atoms with Crippen LogP contribution < -0.4 is 10.1 Å². The van der Waals surface area contributed by atoms with Crippen LogP contribution in [0.2, 0.25) is 0 Å². The molecule has 4 rings (SSSR count). The molecular formula is C23H26FN5O5. The third-order valence-corrected chi connectivity index (χ3v) is 5.35. The van der Waals surface area contributed by atoms with Crippen LogP contribution in [0.4, 0.5) is 4.39 Å². The number of nitrogens with one attached hydrogen (secondary N) is 2. The molecule has 0 spiro atoms. The van der Waals surface area contributed by atoms with Crippen molar-refractivity contribution in [2.75, 3.05) is 40.6 Å². The minimum absolute atomic E-state index is 0.157. The SMILES string of the molecule is CNC(=O)C1(C)COC(c2nc(-c3ccc(F)cc3)c(-c3ccnc(OCCOC)n3)[nH]2)OC1. The zero-order chi connectivity index (χ0) is 24.1. The first-order chi connectivity index (χ1) is 16.4. The van der Waals surface area contributed by atoms with E-state index < -0.39 is 11.7 Å². The lowest BCUT2D eigenvalue weighted by Gasteiger charge is -2.34. The molecule has 2 aromatic heterocycles. The van der Waals surface area contributed by atoms with Gasteiger partial charge in [0, 0.05) is 25.9 Å². The van der Waals surface area contributed by atoms with Gasteiger partial charge in [0.05, 0.1) is 42.3 Å². The second-order valence-corrected chi connectivity index (χ2v) is 8.01. The van der Waals surface area contributed by atoms with Crippen LogP contribution in [-0.2, 0) is 19.0 Å². The molecule has 1 aromatic carbocycles. The van der Waals surface area contributed by atoms with E-state index in [4.69, 9.17) is 18.9 Å². The average molecular weight is 471 g/mol. The number of H-pyrrole nitrogens is 1. The highest BCUT2D eigenvalue weighted by Crippen LogP contribution is 2.35. The van der Waals surface area contributed by atoms with Crippen molar-refractivity contribution in [3.63, 3.8) is 0 Å². The van der Waals surface area contributed by atoms with Crippen LogP contribution in [0, 0.1) is 11.2 Å². The highest BCUT2D eigenvalue weighted by atomic mass is 19.1. The van der Waals surface area contributed by atoms with Gasteiger partial charge < -0.3 is 29.2 Å². The van der Waals surface area contributed by atoms with Gasteiger partial charge in [-0.1, -0.05) is 0 Å². The summed E-state index contributed by atoms with van der Waals surface area (Å²) >= 11 is 0. The van der Waals surface area contributed by atoms with Gasteiger partial charge in [0.2, 0.25) is 12.2 Å². The van der Waals surface area contributed by atoms with E-state index in [1.165, 1.54) is 12.1 Å². The van der Waals surface area contributed by atoms with Gasteiger partial charge >= 0.3 is 6.01 Å². The standard InChI is InChI=1S/C23H26FN5O5/c1-23(21(30)25-2)12-33-20(34-13-23)19-28-17(14-4-6-15(24)7-5-14)18(29-19)16-8-9-26-22(27-16)32-11-10-31-3/h4-9,20H,10-13H2,1-3H3,(H,25,30)(H,28,29). The summed E-state index contributed by atoms with van der Waals surface area (Å²) in [5.74, 6) is -0.127. The Morgan fingerprint density at radius 2 is 1.94 bits per heavy atom. The van der Waals surface area contributed by atoms with Crippen molar-refractivity contribution in [1.29, 1.82) is 0 Å². The van der Waals surface area contributed by atoms with E-state index >= 15 is 0 Å². The van der Waals surface area contributed by atoms with Crippen LogP contribution in [0.5, 0.6) is 6.01 Å². The van der Waals surface area contributed by atoms with Crippen LogP contribution >= 0.6 is 0 Å². The number of ether oxygens (including phenoxy) is 4. The normalized spacial score (nSPS) is 20.2. The minimum Gasteiger partial charge on any atom is -0.461 e. The smallest absolute Gasteiger partial charge is 0.317 e. The molecule has 0 radical (unpaired) electrons. The zero-order valence-electron chi connectivity index (χ0n) is 19.1. The van der Waals surface area contributed by atoms with Crippen molar-refractivity contribution in [1.82, 2.24) is 25.3 Å². The second kappa shape index (κ2) is 10.2. The number of nitrogens with zero attached hydrogens (tertiary/aromatic N) is 3. The number of rotatable bonds is 8. The van der Waals surface area contributed by atoms with Gasteiger partial charge in [0.25, 0.3) is 0 Å². The number of methoxy groups -OCH3 is 1. The van der Waals surface area contributed by atoms with E-state index in [2.05, 4.69) is 25.3 Å². The number of halogens is 1. The van der Waals surface area contributed by atoms with Crippen LogP contribution in [-0.4, -0.2) is 66.4 Å². The van der Waals surface area contributed by atoms with Crippen molar-refractivity contribution in [2.45, 2.75) is 13.2 Å². The van der Waals surface area contributed by atoms with Crippen molar-refractivity contribution >= 4 is 5.91 Å². The summed E-state index contributed by atoms with van der Waals surface area (Å²) in [6.07, 6.45) is 0.756. The van der Waals surface area contributed by atoms with Gasteiger partial charge in [0.1, 0.15) is 12.4 Å². The maximum absolute atomic E-state index is 13.5. The predicted molar refractivity (Wildman–Crippen MR) is 119 cm³/mol. The Kier molecular flexibility index (Phi) is 7.15. The number of carbonyl (C=O) groups is 1. The number of benzene rings is 1. The number of amides is 1. The van der Waals surface area contributed by atoms with Gasteiger partial charge in [-0.05, 0) is 37.3 Å². The topological polar surface area (TPSA) is 120 Å². The number of aromatic nitrogens is 4. The summed E-state index contributed by atoms with van der Waals surface area (Å²) < 4.78 is 35.7. The van der Waals surface area contributed by atoms with E-state index in [0.717, 1.165) is 0 Å². The van der Waals surface area contributed by atoms with Gasteiger partial charge in [0.15, 0.2) is 5.82 Å². The molecule has 1 aliphatic heterocycles. The van der Waals surface area contributed by atoms with Crippen molar-refractivity contribution in [3.05, 3.63) is 48.2 Å². The largest absolute Gasteiger partial charge is 0.461 e. The maximum atomic E-state index is 13.5. The molecule has 0 unspecified atom stereocenters. The molecule has 10 nitrogen and oxygen atoms in total. The van der Waals surface area contributed by atoms with Crippen LogP contribution in [0.3, 0.4) is 0 Å². The average Bonchev–Trinajstić information content (AvgIpc) is 3.30. The third-order valence-electron chi connectivity index (χ3n) is 5.35. The maximum Gasteiger partial charge on any atom is 0.317 e. The minimum atomic E-state index is -0.815. The summed E-state index contributed by atoms with van der Waals surface area (Å²) in [4.78, 5) is 28.6. The fraction of sp³-hybridized carbons (Fsp3) is 0.391. The molecule has 2 N–H and O–H groups in total. The predicted octanol–water partition coefficient (Wildman–Crippen LogP) is 2.50. The van der Waals surface area contributed by atoms with E-state index in [1.54, 1.807) is 45.5 Å². The molecule has 3 heterocycles. The summed E-state index contributed by atoms with van der Waals surface area (Å²) in [7, 11) is 3.15. The monoisotopic (exact) mass is 471 g/mol. The lowest BCUT2D eigenvalue weighted by atomic mass is 9.91. The van der Waals surface area contributed by atoms with Crippen molar-refractivity contribution < 1.29 is 28.1 Å². The quantitative estimate of drug-likeness (QED) is 0.481. The number of carbonyl (C=O) groups excluding carboxylic acids is 1. The van der Waals surface area contributed by atoms with Gasteiger partial charge in [-0.2, -0.15) is 4.98 Å². The van der Waals surface area contributed by atoms with E-state index in [-0.39, 0.29) is 30.9 Å². The molecule has 0 aliphatic carbocycles. The number of hydrogen-bond acceptors (Lipinski definition) is 8. The molecule has 0 atom stereocenters. The Balaban J connectivity index is 1.66. The lowest BCUT2D eigenvalue weighted by molar-refractivity contribution is -0.230. The molecule has 3 aromatic rings. The number of imidazole rings is 1. The Bertz CT molecular complexity index is 1130. The second-order valence-electron chi connectivity index (χ2n) is 8.01. The van der Waals surface area contributed by atoms with Crippen LogP contribution in [0.15, 0.2) is 36.5 Å². The third kappa shape index (κ3) is 5.06. The first-order valence-electron chi connectivity index (χ1n) is 10.7. The first-order valence-corrected chi connectivity index (χ1v) is 10.7. The van der Waals surface area contributed by atoms with Crippen LogP contribution in [0.1, 0.15) is 19.0 Å². The molecule has 1 saturated heterocycles. The molecule has 1 aliphatic rings. The van der Waals surface area contributed by atoms with E-state index in [9.17, 15) is 9.18 Å². The molecule has 1 amide bonds. The van der Waals surface area contributed by atoms with E-state index in [1.807, 2.05) is 0 Å². The Morgan fingerprint density at radius 3 is 2.62 bits per heavy atom. The van der Waals surface area contributed by atoms with Crippen LogP contribution in [0.25, 0.3) is 22.6 Å². The van der Waals surface area contributed by atoms with Crippen molar-refractivity contribution in [2.24, 2.45) is 5.41 Å². The zero-order valence-corrected chi connectivity index (χ0v) is 19.1. The number of aromatic amines is 1. The summed E-state index contributed by atoms with van der Waals surface area (Å²) in [6, 6.07) is 7.85. The molecule has 34 heavy (non-hydrogen) atoms. The molecular weight excluding hydrogens is 445 g/mol. The van der Waals surface area contributed by atoms with Gasteiger partial charge in [-0.15, -0.1) is 0 Å². The van der Waals surface area contributed by atoms with E-state index in [0.29, 0.717) is 41.7 Å². The molecule has 0 saturated carbocycles. The summed E-state index contributed by atoms with van der Waals surface area (Å²) in [5.41, 5.74) is 1.48. The molecule has 1 fully saturated rings. The number of hydrogen-bond donors (Lipinski definition) is 2. The lowest BCUT2D eigenvalue weighted by Crippen LogP contribution is -2.47. The first kappa shape index (κ1) is 23.7. The van der Waals surface area contributed by atoms with Gasteiger partial charge in [-0.3, -0.25) is 4.79 Å².